The summed E-state index contributed by atoms with van der Waals surface area (Å²) in [6, 6.07) is 2.02. The first-order valence-electron chi connectivity index (χ1n) is 3.97. The largest absolute Gasteiger partial charge is 0.481 e. The predicted molar refractivity (Wildman–Crippen MR) is 42.3 cm³/mol. The molecule has 0 amide bonds. The summed E-state index contributed by atoms with van der Waals surface area (Å²) < 4.78 is 0. The van der Waals surface area contributed by atoms with Crippen molar-refractivity contribution in [1.29, 1.82) is 5.26 Å². The summed E-state index contributed by atoms with van der Waals surface area (Å²) in [6.07, 6.45) is 0. The van der Waals surface area contributed by atoms with Gasteiger partial charge in [0, 0.05) is 13.1 Å². The summed E-state index contributed by atoms with van der Waals surface area (Å²) in [5, 5.41) is 17.2. The predicted octanol–water partition coefficient (Wildman–Crippen LogP) is 0.162. The molecule has 66 valence electrons. The maximum Gasteiger partial charge on any atom is 0.308 e. The van der Waals surface area contributed by atoms with Gasteiger partial charge in [0.25, 0.3) is 0 Å². The molecule has 1 heterocycles. The minimum absolute atomic E-state index is 0.163. The van der Waals surface area contributed by atoms with Crippen LogP contribution in [0.25, 0.3) is 0 Å². The molecule has 4 heteroatoms. The van der Waals surface area contributed by atoms with Crippen LogP contribution in [0.3, 0.4) is 0 Å². The van der Waals surface area contributed by atoms with Gasteiger partial charge in [-0.2, -0.15) is 5.26 Å². The average Bonchev–Trinajstić information content (AvgIpc) is 2.32. The number of aliphatic carboxylic acids is 1. The molecule has 0 saturated carbocycles. The highest BCUT2D eigenvalue weighted by Gasteiger charge is 2.34. The van der Waals surface area contributed by atoms with Crippen molar-refractivity contribution in [2.45, 2.75) is 6.92 Å². The normalized spacial score (nSPS) is 30.0. The van der Waals surface area contributed by atoms with Crippen molar-refractivity contribution >= 4 is 5.97 Å². The molecule has 0 bridgehead atoms. The maximum atomic E-state index is 10.7. The van der Waals surface area contributed by atoms with E-state index in [0.717, 1.165) is 6.54 Å². The molecule has 12 heavy (non-hydrogen) atoms. The minimum atomic E-state index is -0.747. The number of carbonyl (C=O) groups is 1. The molecule has 0 aliphatic carbocycles. The minimum Gasteiger partial charge on any atom is -0.481 e. The van der Waals surface area contributed by atoms with E-state index in [4.69, 9.17) is 10.4 Å². The molecule has 0 aromatic rings. The van der Waals surface area contributed by atoms with Crippen molar-refractivity contribution < 1.29 is 9.90 Å². The van der Waals surface area contributed by atoms with Crippen LogP contribution in [-0.4, -0.2) is 35.6 Å². The molecule has 0 spiro atoms. The second-order valence-electron chi connectivity index (χ2n) is 3.27. The highest BCUT2D eigenvalue weighted by molar-refractivity contribution is 5.71. The summed E-state index contributed by atoms with van der Waals surface area (Å²) in [7, 11) is 0. The third-order valence-corrected chi connectivity index (χ3v) is 2.30. The molecule has 0 aromatic heterocycles. The zero-order valence-corrected chi connectivity index (χ0v) is 7.03. The lowest BCUT2D eigenvalue weighted by molar-refractivity contribution is -0.142. The molecule has 0 aromatic carbocycles. The third kappa shape index (κ3) is 1.74. The topological polar surface area (TPSA) is 64.3 Å². The zero-order chi connectivity index (χ0) is 9.14. The van der Waals surface area contributed by atoms with E-state index >= 15 is 0 Å². The van der Waals surface area contributed by atoms with Gasteiger partial charge in [-0.15, -0.1) is 0 Å². The molecular weight excluding hydrogens is 156 g/mol. The number of nitriles is 1. The summed E-state index contributed by atoms with van der Waals surface area (Å²) in [5.41, 5.74) is 0. The molecule has 0 unspecified atom stereocenters. The molecule has 2 atom stereocenters. The van der Waals surface area contributed by atoms with Gasteiger partial charge in [-0.3, -0.25) is 9.69 Å². The van der Waals surface area contributed by atoms with E-state index in [1.165, 1.54) is 0 Å². The van der Waals surface area contributed by atoms with Crippen LogP contribution in [0.2, 0.25) is 0 Å². The Bertz CT molecular complexity index is 222. The lowest BCUT2D eigenvalue weighted by Crippen LogP contribution is -2.23. The number of carboxylic acids is 1. The van der Waals surface area contributed by atoms with Crippen molar-refractivity contribution in [3.05, 3.63) is 0 Å². The number of likely N-dealkylation sites (tertiary alicyclic amines) is 1. The van der Waals surface area contributed by atoms with E-state index in [1.807, 2.05) is 17.9 Å². The van der Waals surface area contributed by atoms with E-state index in [2.05, 4.69) is 0 Å². The molecule has 1 aliphatic heterocycles. The maximum absolute atomic E-state index is 10.7. The Kier molecular flexibility index (Phi) is 2.66. The Morgan fingerprint density at radius 2 is 2.42 bits per heavy atom. The van der Waals surface area contributed by atoms with Crippen molar-refractivity contribution in [3.63, 3.8) is 0 Å². The molecule has 1 saturated heterocycles. The van der Waals surface area contributed by atoms with Crippen molar-refractivity contribution in [2.75, 3.05) is 19.6 Å². The lowest BCUT2D eigenvalue weighted by atomic mass is 9.99. The van der Waals surface area contributed by atoms with Crippen LogP contribution in [0.4, 0.5) is 0 Å². The number of rotatable bonds is 2. The zero-order valence-electron chi connectivity index (χ0n) is 7.03. The molecule has 1 aliphatic rings. The van der Waals surface area contributed by atoms with Crippen LogP contribution in [0.5, 0.6) is 0 Å². The summed E-state index contributed by atoms with van der Waals surface area (Å²) in [5.74, 6) is -0.878. The van der Waals surface area contributed by atoms with E-state index < -0.39 is 5.97 Å². The van der Waals surface area contributed by atoms with Crippen LogP contribution >= 0.6 is 0 Å². The van der Waals surface area contributed by atoms with Gasteiger partial charge in [0.1, 0.15) is 0 Å². The van der Waals surface area contributed by atoms with Crippen LogP contribution in [-0.2, 0) is 4.79 Å². The van der Waals surface area contributed by atoms with Gasteiger partial charge in [0.2, 0.25) is 0 Å². The van der Waals surface area contributed by atoms with Gasteiger partial charge in [-0.1, -0.05) is 6.92 Å². The summed E-state index contributed by atoms with van der Waals surface area (Å²) in [6.45, 7) is 3.50. The Hall–Kier alpha value is -1.08. The van der Waals surface area contributed by atoms with Gasteiger partial charge in [-0.05, 0) is 5.92 Å². The Morgan fingerprint density at radius 3 is 2.83 bits per heavy atom. The first-order chi connectivity index (χ1) is 5.65. The van der Waals surface area contributed by atoms with Crippen molar-refractivity contribution in [2.24, 2.45) is 11.8 Å². The van der Waals surface area contributed by atoms with Gasteiger partial charge >= 0.3 is 5.97 Å². The number of carboxylic acid groups (broad SMARTS) is 1. The van der Waals surface area contributed by atoms with Crippen LogP contribution in [0.1, 0.15) is 6.92 Å². The van der Waals surface area contributed by atoms with E-state index in [9.17, 15) is 4.79 Å². The highest BCUT2D eigenvalue weighted by Crippen LogP contribution is 2.22. The number of hydrogen-bond donors (Lipinski definition) is 1. The van der Waals surface area contributed by atoms with E-state index in [1.54, 1.807) is 0 Å². The molecule has 4 nitrogen and oxygen atoms in total. The molecule has 0 radical (unpaired) electrons. The van der Waals surface area contributed by atoms with Crippen LogP contribution < -0.4 is 0 Å². The quantitative estimate of drug-likeness (QED) is 0.596. The first-order valence-corrected chi connectivity index (χ1v) is 3.97. The second-order valence-corrected chi connectivity index (χ2v) is 3.27. The average molecular weight is 168 g/mol. The molecular formula is C8H12N2O2. The Balaban J connectivity index is 2.51. The molecule has 1 N–H and O–H groups in total. The standard InChI is InChI=1S/C8H12N2O2/c1-6-4-10(3-2-9)5-7(6)8(11)12/h6-7H,3-5H2,1H3,(H,11,12)/t6-,7-/m1/s1. The van der Waals surface area contributed by atoms with Gasteiger partial charge < -0.3 is 5.11 Å². The fraction of sp³-hybridized carbons (Fsp3) is 0.750. The summed E-state index contributed by atoms with van der Waals surface area (Å²) >= 11 is 0. The molecule has 1 rings (SSSR count). The SMILES string of the molecule is C[C@@H]1CN(CC#N)C[C@H]1C(=O)O. The van der Waals surface area contributed by atoms with Crippen LogP contribution in [0, 0.1) is 23.2 Å². The fourth-order valence-electron chi connectivity index (χ4n) is 1.62. The fourth-order valence-corrected chi connectivity index (χ4v) is 1.62. The first kappa shape index (κ1) is 9.01. The van der Waals surface area contributed by atoms with Gasteiger partial charge in [0.15, 0.2) is 0 Å². The number of hydrogen-bond acceptors (Lipinski definition) is 3. The Labute approximate surface area is 71.4 Å². The van der Waals surface area contributed by atoms with Crippen LogP contribution in [0.15, 0.2) is 0 Å². The van der Waals surface area contributed by atoms with Crippen molar-refractivity contribution in [1.82, 2.24) is 4.90 Å². The number of nitrogens with zero attached hydrogens (tertiary/aromatic N) is 2. The highest BCUT2D eigenvalue weighted by atomic mass is 16.4. The van der Waals surface area contributed by atoms with Crippen molar-refractivity contribution in [3.8, 4) is 6.07 Å². The Morgan fingerprint density at radius 1 is 1.75 bits per heavy atom. The third-order valence-electron chi connectivity index (χ3n) is 2.30. The second kappa shape index (κ2) is 3.55. The monoisotopic (exact) mass is 168 g/mol. The lowest BCUT2D eigenvalue weighted by Gasteiger charge is -2.08. The van der Waals surface area contributed by atoms with E-state index in [-0.39, 0.29) is 11.8 Å². The smallest absolute Gasteiger partial charge is 0.308 e. The van der Waals surface area contributed by atoms with Gasteiger partial charge in [-0.25, -0.2) is 0 Å². The molecule has 1 fully saturated rings. The van der Waals surface area contributed by atoms with Gasteiger partial charge in [0.05, 0.1) is 18.5 Å². The summed E-state index contributed by atoms with van der Waals surface area (Å²) in [4.78, 5) is 12.5. The van der Waals surface area contributed by atoms with E-state index in [0.29, 0.717) is 13.1 Å².